The SMILES string of the molecule is CS[C@H](CO)[C@@H](C)NC(=O)c1cc(C)n(C2CC2)c1C. The van der Waals surface area contributed by atoms with Crippen LogP contribution in [0.15, 0.2) is 6.07 Å². The number of aliphatic hydroxyl groups excluding tert-OH is 1. The van der Waals surface area contributed by atoms with Crippen molar-refractivity contribution in [2.45, 2.75) is 50.9 Å². The minimum Gasteiger partial charge on any atom is -0.395 e. The van der Waals surface area contributed by atoms with Gasteiger partial charge in [0.25, 0.3) is 5.91 Å². The van der Waals surface area contributed by atoms with Crippen LogP contribution in [0.2, 0.25) is 0 Å². The Hall–Kier alpha value is -0.940. The van der Waals surface area contributed by atoms with E-state index in [0.29, 0.717) is 6.04 Å². The highest BCUT2D eigenvalue weighted by Crippen LogP contribution is 2.38. The molecule has 1 saturated carbocycles. The van der Waals surface area contributed by atoms with Crippen molar-refractivity contribution < 1.29 is 9.90 Å². The van der Waals surface area contributed by atoms with Gasteiger partial charge in [-0.2, -0.15) is 11.8 Å². The molecule has 0 spiro atoms. The molecule has 2 rings (SSSR count). The van der Waals surface area contributed by atoms with Gasteiger partial charge in [0.2, 0.25) is 0 Å². The van der Waals surface area contributed by atoms with E-state index in [1.807, 2.05) is 26.2 Å². The molecule has 0 aromatic carbocycles. The quantitative estimate of drug-likeness (QED) is 0.847. The summed E-state index contributed by atoms with van der Waals surface area (Å²) in [6, 6.07) is 2.51. The number of nitrogens with one attached hydrogen (secondary N) is 1. The summed E-state index contributed by atoms with van der Waals surface area (Å²) < 4.78 is 2.28. The van der Waals surface area contributed by atoms with Gasteiger partial charge >= 0.3 is 0 Å². The Morgan fingerprint density at radius 3 is 2.70 bits per heavy atom. The lowest BCUT2D eigenvalue weighted by Gasteiger charge is -2.21. The lowest BCUT2D eigenvalue weighted by Crippen LogP contribution is -2.41. The largest absolute Gasteiger partial charge is 0.395 e. The Morgan fingerprint density at radius 1 is 1.55 bits per heavy atom. The predicted octanol–water partition coefficient (Wildman–Crippen LogP) is 2.28. The average Bonchev–Trinajstić information content (AvgIpc) is 3.17. The summed E-state index contributed by atoms with van der Waals surface area (Å²) in [4.78, 5) is 12.4. The molecule has 112 valence electrons. The Kier molecular flexibility index (Phi) is 4.81. The van der Waals surface area contributed by atoms with Gasteiger partial charge in [0, 0.05) is 28.7 Å². The van der Waals surface area contributed by atoms with Crippen molar-refractivity contribution in [1.29, 1.82) is 0 Å². The molecule has 20 heavy (non-hydrogen) atoms. The molecule has 1 heterocycles. The second kappa shape index (κ2) is 6.22. The van der Waals surface area contributed by atoms with E-state index < -0.39 is 0 Å². The minimum absolute atomic E-state index is 0.0332. The molecule has 0 saturated heterocycles. The molecular formula is C15H24N2O2S. The normalized spacial score (nSPS) is 17.9. The Labute approximate surface area is 124 Å². The Balaban J connectivity index is 2.11. The van der Waals surface area contributed by atoms with E-state index in [1.165, 1.54) is 12.8 Å². The van der Waals surface area contributed by atoms with Crippen LogP contribution >= 0.6 is 11.8 Å². The number of amides is 1. The number of thioether (sulfide) groups is 1. The summed E-state index contributed by atoms with van der Waals surface area (Å²) >= 11 is 1.57. The molecule has 1 aliphatic carbocycles. The first-order chi connectivity index (χ1) is 9.49. The third-order valence-electron chi connectivity index (χ3n) is 4.04. The summed E-state index contributed by atoms with van der Waals surface area (Å²) in [6.07, 6.45) is 4.38. The maximum atomic E-state index is 12.4. The van der Waals surface area contributed by atoms with E-state index in [0.717, 1.165) is 17.0 Å². The van der Waals surface area contributed by atoms with Crippen molar-refractivity contribution in [2.24, 2.45) is 0 Å². The number of carbonyl (C=O) groups excluding carboxylic acids is 1. The molecule has 1 aliphatic rings. The van der Waals surface area contributed by atoms with Crippen LogP contribution < -0.4 is 5.32 Å². The van der Waals surface area contributed by atoms with Gasteiger partial charge in [-0.05, 0) is 45.9 Å². The first kappa shape index (κ1) is 15.4. The summed E-state index contributed by atoms with van der Waals surface area (Å²) in [5.41, 5.74) is 2.98. The molecule has 1 aromatic rings. The summed E-state index contributed by atoms with van der Waals surface area (Å²) in [6.45, 7) is 6.09. The molecule has 5 heteroatoms. The molecule has 4 nitrogen and oxygen atoms in total. The number of nitrogens with zero attached hydrogens (tertiary/aromatic N) is 1. The number of hydrogen-bond donors (Lipinski definition) is 2. The number of aromatic nitrogens is 1. The van der Waals surface area contributed by atoms with Crippen LogP contribution in [-0.2, 0) is 0 Å². The maximum Gasteiger partial charge on any atom is 0.253 e. The van der Waals surface area contributed by atoms with Gasteiger partial charge in [0.05, 0.1) is 12.2 Å². The van der Waals surface area contributed by atoms with Gasteiger partial charge in [0.1, 0.15) is 0 Å². The summed E-state index contributed by atoms with van der Waals surface area (Å²) in [5.74, 6) is -0.0370. The standard InChI is InChI=1S/C15H24N2O2S/c1-9-7-13(11(3)17(9)12-5-6-12)15(19)16-10(2)14(8-18)20-4/h7,10,12,14,18H,5-6,8H2,1-4H3,(H,16,19)/t10-,14-/m1/s1. The van der Waals surface area contributed by atoms with Crippen LogP contribution in [-0.4, -0.2) is 39.7 Å². The Bertz CT molecular complexity index is 490. The zero-order chi connectivity index (χ0) is 14.9. The first-order valence-corrected chi connectivity index (χ1v) is 8.41. The van der Waals surface area contributed by atoms with Crippen molar-refractivity contribution in [3.63, 3.8) is 0 Å². The van der Waals surface area contributed by atoms with Crippen molar-refractivity contribution in [1.82, 2.24) is 9.88 Å². The maximum absolute atomic E-state index is 12.4. The predicted molar refractivity (Wildman–Crippen MR) is 83.5 cm³/mol. The van der Waals surface area contributed by atoms with Crippen LogP contribution in [0, 0.1) is 13.8 Å². The van der Waals surface area contributed by atoms with Gasteiger partial charge in [-0.3, -0.25) is 4.79 Å². The molecule has 2 N–H and O–H groups in total. The molecule has 1 amide bonds. The second-order valence-electron chi connectivity index (χ2n) is 5.60. The molecule has 1 aromatic heterocycles. The number of aryl methyl sites for hydroxylation is 1. The molecule has 0 bridgehead atoms. The van der Waals surface area contributed by atoms with Crippen LogP contribution in [0.3, 0.4) is 0 Å². The zero-order valence-corrected chi connectivity index (χ0v) is 13.5. The van der Waals surface area contributed by atoms with Gasteiger partial charge in [-0.25, -0.2) is 0 Å². The molecule has 2 atom stereocenters. The second-order valence-corrected chi connectivity index (χ2v) is 6.68. The third kappa shape index (κ3) is 3.04. The van der Waals surface area contributed by atoms with Crippen molar-refractivity contribution in [3.8, 4) is 0 Å². The molecule has 1 fully saturated rings. The number of carbonyl (C=O) groups is 1. The minimum atomic E-state index is -0.0496. The van der Waals surface area contributed by atoms with E-state index in [1.54, 1.807) is 11.8 Å². The third-order valence-corrected chi connectivity index (χ3v) is 5.20. The van der Waals surface area contributed by atoms with E-state index in [-0.39, 0.29) is 23.8 Å². The fourth-order valence-electron chi connectivity index (χ4n) is 2.72. The summed E-state index contributed by atoms with van der Waals surface area (Å²) in [5, 5.41) is 12.3. The van der Waals surface area contributed by atoms with Gasteiger partial charge in [0.15, 0.2) is 0 Å². The molecule has 0 aliphatic heterocycles. The highest BCUT2D eigenvalue weighted by molar-refractivity contribution is 7.99. The zero-order valence-electron chi connectivity index (χ0n) is 12.6. The van der Waals surface area contributed by atoms with E-state index in [2.05, 4.69) is 16.8 Å². The van der Waals surface area contributed by atoms with E-state index in [4.69, 9.17) is 0 Å². The van der Waals surface area contributed by atoms with Crippen LogP contribution in [0.1, 0.15) is 47.6 Å². The summed E-state index contributed by atoms with van der Waals surface area (Å²) in [7, 11) is 0. The van der Waals surface area contributed by atoms with Crippen molar-refractivity contribution in [3.05, 3.63) is 23.0 Å². The topological polar surface area (TPSA) is 54.3 Å². The Morgan fingerprint density at radius 2 is 2.20 bits per heavy atom. The number of hydrogen-bond acceptors (Lipinski definition) is 3. The number of aliphatic hydroxyl groups is 1. The molecule has 0 unspecified atom stereocenters. The first-order valence-electron chi connectivity index (χ1n) is 7.12. The molecular weight excluding hydrogens is 272 g/mol. The highest BCUT2D eigenvalue weighted by atomic mass is 32.2. The van der Waals surface area contributed by atoms with Crippen molar-refractivity contribution >= 4 is 17.7 Å². The fraction of sp³-hybridized carbons (Fsp3) is 0.667. The van der Waals surface area contributed by atoms with Crippen molar-refractivity contribution in [2.75, 3.05) is 12.9 Å². The van der Waals surface area contributed by atoms with Crippen LogP contribution in [0.4, 0.5) is 0 Å². The molecule has 0 radical (unpaired) electrons. The lowest BCUT2D eigenvalue weighted by atomic mass is 10.2. The van der Waals surface area contributed by atoms with Gasteiger partial charge < -0.3 is 15.0 Å². The van der Waals surface area contributed by atoms with Crippen LogP contribution in [0.5, 0.6) is 0 Å². The monoisotopic (exact) mass is 296 g/mol. The number of rotatable bonds is 6. The lowest BCUT2D eigenvalue weighted by molar-refractivity contribution is 0.0935. The smallest absolute Gasteiger partial charge is 0.253 e. The van der Waals surface area contributed by atoms with Gasteiger partial charge in [-0.15, -0.1) is 0 Å². The highest BCUT2D eigenvalue weighted by Gasteiger charge is 2.29. The average molecular weight is 296 g/mol. The van der Waals surface area contributed by atoms with Crippen LogP contribution in [0.25, 0.3) is 0 Å². The van der Waals surface area contributed by atoms with Gasteiger partial charge in [-0.1, -0.05) is 0 Å². The van der Waals surface area contributed by atoms with E-state index in [9.17, 15) is 9.90 Å². The van der Waals surface area contributed by atoms with E-state index >= 15 is 0 Å². The fourth-order valence-corrected chi connectivity index (χ4v) is 3.34.